The third-order valence-corrected chi connectivity index (χ3v) is 5.05. The number of piperidine rings is 1. The predicted molar refractivity (Wildman–Crippen MR) is 92.8 cm³/mol. The van der Waals surface area contributed by atoms with E-state index >= 15 is 0 Å². The standard InChI is InChI=1S/C17H19ClN2O6/c1-24-9-4-5-19-13(6-9)15(21)20(17(19)23)12-8-14(25-2)10(7-11(12)18)16(22)26-3/h7-9,13H,4-6H2,1-3H3. The van der Waals surface area contributed by atoms with Gasteiger partial charge in [-0.2, -0.15) is 0 Å². The number of ether oxygens (including phenoxy) is 3. The lowest BCUT2D eigenvalue weighted by Crippen LogP contribution is -2.44. The summed E-state index contributed by atoms with van der Waals surface area (Å²) in [5, 5.41) is 0.0797. The van der Waals surface area contributed by atoms with Gasteiger partial charge in [0.25, 0.3) is 5.91 Å². The molecule has 0 spiro atoms. The molecule has 2 atom stereocenters. The molecule has 0 N–H and O–H groups in total. The number of anilines is 1. The fourth-order valence-electron chi connectivity index (χ4n) is 3.36. The highest BCUT2D eigenvalue weighted by atomic mass is 35.5. The number of nitrogens with zero attached hydrogens (tertiary/aromatic N) is 2. The molecule has 26 heavy (non-hydrogen) atoms. The molecule has 140 valence electrons. The van der Waals surface area contributed by atoms with Gasteiger partial charge in [-0.15, -0.1) is 0 Å². The number of benzene rings is 1. The Morgan fingerprint density at radius 1 is 1.23 bits per heavy atom. The Bertz CT molecular complexity index is 768. The number of carbonyl (C=O) groups excluding carboxylic acids is 3. The van der Waals surface area contributed by atoms with E-state index in [0.717, 1.165) is 4.90 Å². The predicted octanol–water partition coefficient (Wildman–Crippen LogP) is 2.08. The van der Waals surface area contributed by atoms with Crippen molar-refractivity contribution in [3.05, 3.63) is 22.7 Å². The van der Waals surface area contributed by atoms with E-state index in [1.54, 1.807) is 7.11 Å². The molecule has 2 unspecified atom stereocenters. The lowest BCUT2D eigenvalue weighted by Gasteiger charge is -2.31. The summed E-state index contributed by atoms with van der Waals surface area (Å²) in [5.41, 5.74) is 0.287. The average molecular weight is 383 g/mol. The van der Waals surface area contributed by atoms with Crippen LogP contribution in [0.25, 0.3) is 0 Å². The van der Waals surface area contributed by atoms with Crippen molar-refractivity contribution in [1.82, 2.24) is 4.90 Å². The molecule has 1 aromatic carbocycles. The van der Waals surface area contributed by atoms with Crippen molar-refractivity contribution in [2.45, 2.75) is 25.0 Å². The van der Waals surface area contributed by atoms with Gasteiger partial charge < -0.3 is 19.1 Å². The molecular weight excluding hydrogens is 364 g/mol. The molecule has 2 aliphatic heterocycles. The molecule has 9 heteroatoms. The number of urea groups is 1. The molecular formula is C17H19ClN2O6. The first-order valence-electron chi connectivity index (χ1n) is 8.06. The van der Waals surface area contributed by atoms with Crippen LogP contribution in [0, 0.1) is 0 Å². The summed E-state index contributed by atoms with van der Waals surface area (Å²) < 4.78 is 15.2. The van der Waals surface area contributed by atoms with Gasteiger partial charge in [-0.1, -0.05) is 11.6 Å². The Balaban J connectivity index is 2.00. The van der Waals surface area contributed by atoms with Crippen LogP contribution in [0.1, 0.15) is 23.2 Å². The van der Waals surface area contributed by atoms with Crippen molar-refractivity contribution in [1.29, 1.82) is 0 Å². The van der Waals surface area contributed by atoms with Crippen LogP contribution in [0.4, 0.5) is 10.5 Å². The van der Waals surface area contributed by atoms with Crippen molar-refractivity contribution < 1.29 is 28.6 Å². The molecule has 2 heterocycles. The third-order valence-electron chi connectivity index (χ3n) is 4.75. The van der Waals surface area contributed by atoms with Crippen LogP contribution in [0.2, 0.25) is 5.02 Å². The number of imide groups is 1. The van der Waals surface area contributed by atoms with Gasteiger partial charge in [0.15, 0.2) is 0 Å². The second-order valence-corrected chi connectivity index (χ2v) is 6.45. The average Bonchev–Trinajstić information content (AvgIpc) is 2.91. The topological polar surface area (TPSA) is 85.4 Å². The van der Waals surface area contributed by atoms with Crippen molar-refractivity contribution in [3.8, 4) is 5.75 Å². The minimum absolute atomic E-state index is 0.0698. The van der Waals surface area contributed by atoms with E-state index in [4.69, 9.17) is 25.8 Å². The van der Waals surface area contributed by atoms with E-state index in [1.165, 1.54) is 31.3 Å². The number of amides is 3. The molecule has 2 aliphatic rings. The van der Waals surface area contributed by atoms with Crippen molar-refractivity contribution >= 4 is 35.2 Å². The van der Waals surface area contributed by atoms with Crippen LogP contribution >= 0.6 is 11.6 Å². The van der Waals surface area contributed by atoms with Gasteiger partial charge in [0.1, 0.15) is 17.4 Å². The Hall–Kier alpha value is -2.32. The molecule has 2 saturated heterocycles. The van der Waals surface area contributed by atoms with Crippen LogP contribution in [0.5, 0.6) is 5.75 Å². The maximum atomic E-state index is 12.9. The molecule has 3 rings (SSSR count). The zero-order chi connectivity index (χ0) is 19.0. The highest BCUT2D eigenvalue weighted by molar-refractivity contribution is 6.36. The van der Waals surface area contributed by atoms with E-state index in [-0.39, 0.29) is 34.0 Å². The second kappa shape index (κ2) is 7.13. The van der Waals surface area contributed by atoms with Gasteiger partial charge >= 0.3 is 12.0 Å². The number of carbonyl (C=O) groups is 3. The lowest BCUT2D eigenvalue weighted by molar-refractivity contribution is -0.121. The van der Waals surface area contributed by atoms with Crippen LogP contribution in [-0.4, -0.2) is 62.8 Å². The van der Waals surface area contributed by atoms with Gasteiger partial charge in [-0.25, -0.2) is 14.5 Å². The summed E-state index contributed by atoms with van der Waals surface area (Å²) in [7, 11) is 4.20. The quantitative estimate of drug-likeness (QED) is 0.585. The normalized spacial score (nSPS) is 22.5. The molecule has 0 aliphatic carbocycles. The molecule has 0 saturated carbocycles. The SMILES string of the molecule is COC(=O)c1cc(Cl)c(N2C(=O)C3CC(OC)CCN3C2=O)cc1OC. The van der Waals surface area contributed by atoms with Crippen LogP contribution in [0.15, 0.2) is 12.1 Å². The van der Waals surface area contributed by atoms with Crippen molar-refractivity contribution in [3.63, 3.8) is 0 Å². The Morgan fingerprint density at radius 3 is 2.58 bits per heavy atom. The smallest absolute Gasteiger partial charge is 0.341 e. The third kappa shape index (κ3) is 2.89. The lowest BCUT2D eigenvalue weighted by atomic mass is 10.0. The van der Waals surface area contributed by atoms with Gasteiger partial charge in [0, 0.05) is 26.1 Å². The fraction of sp³-hybridized carbons (Fsp3) is 0.471. The summed E-state index contributed by atoms with van der Waals surface area (Å²) in [6.07, 6.45) is 1.03. The van der Waals surface area contributed by atoms with Gasteiger partial charge in [-0.05, 0) is 12.5 Å². The van der Waals surface area contributed by atoms with E-state index in [0.29, 0.717) is 19.4 Å². The summed E-state index contributed by atoms with van der Waals surface area (Å²) in [4.78, 5) is 40.0. The van der Waals surface area contributed by atoms with Gasteiger partial charge in [0.2, 0.25) is 0 Å². The van der Waals surface area contributed by atoms with Crippen LogP contribution in [-0.2, 0) is 14.3 Å². The maximum absolute atomic E-state index is 12.9. The minimum atomic E-state index is -0.630. The van der Waals surface area contributed by atoms with Gasteiger partial charge in [-0.3, -0.25) is 4.79 Å². The summed E-state index contributed by atoms with van der Waals surface area (Å²) in [6, 6.07) is 1.71. The van der Waals surface area contributed by atoms with Crippen molar-refractivity contribution in [2.24, 2.45) is 0 Å². The number of fused-ring (bicyclic) bond motifs is 1. The first kappa shape index (κ1) is 18.5. The highest BCUT2D eigenvalue weighted by Gasteiger charge is 2.49. The van der Waals surface area contributed by atoms with Crippen LogP contribution < -0.4 is 9.64 Å². The molecule has 0 radical (unpaired) electrons. The number of rotatable bonds is 4. The molecule has 3 amide bonds. The number of esters is 1. The number of halogens is 1. The Morgan fingerprint density at radius 2 is 1.96 bits per heavy atom. The van der Waals surface area contributed by atoms with E-state index in [1.807, 2.05) is 0 Å². The molecule has 0 aromatic heterocycles. The molecule has 2 fully saturated rings. The largest absolute Gasteiger partial charge is 0.496 e. The molecule has 8 nitrogen and oxygen atoms in total. The van der Waals surface area contributed by atoms with Crippen LogP contribution in [0.3, 0.4) is 0 Å². The number of methoxy groups -OCH3 is 3. The molecule has 0 bridgehead atoms. The van der Waals surface area contributed by atoms with E-state index in [9.17, 15) is 14.4 Å². The monoisotopic (exact) mass is 382 g/mol. The zero-order valence-corrected chi connectivity index (χ0v) is 15.4. The van der Waals surface area contributed by atoms with E-state index in [2.05, 4.69) is 0 Å². The molecule has 1 aromatic rings. The van der Waals surface area contributed by atoms with Crippen molar-refractivity contribution in [2.75, 3.05) is 32.8 Å². The highest BCUT2D eigenvalue weighted by Crippen LogP contribution is 2.38. The van der Waals surface area contributed by atoms with E-state index < -0.39 is 18.0 Å². The fourth-order valence-corrected chi connectivity index (χ4v) is 3.60. The first-order valence-corrected chi connectivity index (χ1v) is 8.43. The summed E-state index contributed by atoms with van der Waals surface area (Å²) in [6.45, 7) is 0.430. The Labute approximate surface area is 155 Å². The second-order valence-electron chi connectivity index (χ2n) is 6.04. The maximum Gasteiger partial charge on any atom is 0.341 e. The minimum Gasteiger partial charge on any atom is -0.496 e. The van der Waals surface area contributed by atoms with Gasteiger partial charge in [0.05, 0.1) is 31.0 Å². The number of hydrogen-bond acceptors (Lipinski definition) is 6. The summed E-state index contributed by atoms with van der Waals surface area (Å²) >= 11 is 6.27. The Kier molecular flexibility index (Phi) is 5.06. The zero-order valence-electron chi connectivity index (χ0n) is 14.7. The first-order chi connectivity index (χ1) is 12.4. The number of hydrogen-bond donors (Lipinski definition) is 0. The summed E-state index contributed by atoms with van der Waals surface area (Å²) in [5.74, 6) is -0.835.